The van der Waals surface area contributed by atoms with E-state index in [9.17, 15) is 0 Å². The van der Waals surface area contributed by atoms with Crippen LogP contribution in [0.1, 0.15) is 47.5 Å². The first-order valence-electron chi connectivity index (χ1n) is 6.62. The lowest BCUT2D eigenvalue weighted by Gasteiger charge is -2.37. The van der Waals surface area contributed by atoms with Crippen LogP contribution in [0.5, 0.6) is 0 Å². The van der Waals surface area contributed by atoms with Crippen molar-refractivity contribution in [2.45, 2.75) is 47.5 Å². The second-order valence-electron chi connectivity index (χ2n) is 6.75. The van der Waals surface area contributed by atoms with Gasteiger partial charge in [0, 0.05) is 18.2 Å². The third-order valence-electron chi connectivity index (χ3n) is 3.31. The molecule has 0 heterocycles. The molecular weight excluding hydrogens is 218 g/mol. The summed E-state index contributed by atoms with van der Waals surface area (Å²) >= 11 is 5.80. The summed E-state index contributed by atoms with van der Waals surface area (Å²) in [6.45, 7) is 15.4. The SMILES string of the molecule is CC[N+](C)(CCCCl)CC(C)CC(C)(C)C. The molecule has 0 aromatic heterocycles. The fraction of sp³-hybridized carbons (Fsp3) is 1.00. The minimum atomic E-state index is 0.449. The average Bonchev–Trinajstić information content (AvgIpc) is 2.11. The Kier molecular flexibility index (Phi) is 6.96. The highest BCUT2D eigenvalue weighted by molar-refractivity contribution is 6.17. The number of alkyl halides is 1. The van der Waals surface area contributed by atoms with Gasteiger partial charge in [-0.2, -0.15) is 0 Å². The van der Waals surface area contributed by atoms with Crippen molar-refractivity contribution in [2.24, 2.45) is 11.3 Å². The van der Waals surface area contributed by atoms with E-state index in [1.54, 1.807) is 0 Å². The van der Waals surface area contributed by atoms with Gasteiger partial charge in [0.15, 0.2) is 0 Å². The van der Waals surface area contributed by atoms with Gasteiger partial charge in [-0.1, -0.05) is 27.7 Å². The lowest BCUT2D eigenvalue weighted by molar-refractivity contribution is -0.911. The lowest BCUT2D eigenvalue weighted by Crippen LogP contribution is -2.48. The fourth-order valence-corrected chi connectivity index (χ4v) is 2.80. The molecular formula is C14H31ClN+. The molecule has 0 saturated carbocycles. The van der Waals surface area contributed by atoms with Crippen LogP contribution in [0.2, 0.25) is 0 Å². The topological polar surface area (TPSA) is 0 Å². The average molecular weight is 249 g/mol. The lowest BCUT2D eigenvalue weighted by atomic mass is 9.85. The zero-order valence-electron chi connectivity index (χ0n) is 12.1. The van der Waals surface area contributed by atoms with Crippen molar-refractivity contribution in [3.05, 3.63) is 0 Å². The third kappa shape index (κ3) is 7.51. The van der Waals surface area contributed by atoms with Crippen molar-refractivity contribution in [1.82, 2.24) is 0 Å². The number of quaternary nitrogens is 1. The molecule has 0 aromatic carbocycles. The Bertz CT molecular complexity index is 186. The maximum Gasteiger partial charge on any atom is 0.0810 e. The summed E-state index contributed by atoms with van der Waals surface area (Å²) < 4.78 is 1.17. The summed E-state index contributed by atoms with van der Waals surface area (Å²) in [6, 6.07) is 0. The van der Waals surface area contributed by atoms with Crippen LogP contribution in [-0.2, 0) is 0 Å². The predicted octanol–water partition coefficient (Wildman–Crippen LogP) is 4.15. The number of rotatable bonds is 7. The van der Waals surface area contributed by atoms with Gasteiger partial charge >= 0.3 is 0 Å². The van der Waals surface area contributed by atoms with E-state index in [4.69, 9.17) is 11.6 Å². The number of nitrogens with zero attached hydrogens (tertiary/aromatic N) is 1. The van der Waals surface area contributed by atoms with Gasteiger partial charge in [-0.05, 0) is 18.8 Å². The van der Waals surface area contributed by atoms with Crippen molar-refractivity contribution >= 4 is 11.6 Å². The zero-order valence-corrected chi connectivity index (χ0v) is 12.9. The van der Waals surface area contributed by atoms with Crippen LogP contribution in [-0.4, -0.2) is 37.0 Å². The van der Waals surface area contributed by atoms with Crippen molar-refractivity contribution < 1.29 is 4.48 Å². The van der Waals surface area contributed by atoms with Gasteiger partial charge in [-0.15, -0.1) is 11.6 Å². The van der Waals surface area contributed by atoms with Crippen LogP contribution >= 0.6 is 11.6 Å². The Hall–Kier alpha value is 0.250. The Morgan fingerprint density at radius 3 is 2.19 bits per heavy atom. The Labute approximate surface area is 108 Å². The van der Waals surface area contributed by atoms with E-state index in [1.807, 2.05) is 0 Å². The summed E-state index contributed by atoms with van der Waals surface area (Å²) in [5.74, 6) is 1.59. The molecule has 2 unspecified atom stereocenters. The maximum absolute atomic E-state index is 5.80. The van der Waals surface area contributed by atoms with Crippen LogP contribution in [0.25, 0.3) is 0 Å². The minimum absolute atomic E-state index is 0.449. The van der Waals surface area contributed by atoms with Crippen molar-refractivity contribution in [2.75, 3.05) is 32.6 Å². The molecule has 0 amide bonds. The molecule has 0 aliphatic carbocycles. The Morgan fingerprint density at radius 1 is 1.25 bits per heavy atom. The van der Waals surface area contributed by atoms with Gasteiger partial charge in [0.25, 0.3) is 0 Å². The standard InChI is InChI=1S/C14H31ClN/c1-7-16(6,10-8-9-15)12-13(2)11-14(3,4)5/h13H,7-12H2,1-6H3/q+1. The molecule has 0 saturated heterocycles. The molecule has 0 fully saturated rings. The largest absolute Gasteiger partial charge is 0.326 e. The summed E-state index contributed by atoms with van der Waals surface area (Å²) in [5, 5.41) is 0. The molecule has 0 bridgehead atoms. The van der Waals surface area contributed by atoms with Gasteiger partial charge in [0.05, 0.1) is 26.7 Å². The second kappa shape index (κ2) is 6.86. The van der Waals surface area contributed by atoms with Crippen LogP contribution in [0.4, 0.5) is 0 Å². The molecule has 0 aliphatic rings. The summed E-state index contributed by atoms with van der Waals surface area (Å²) in [5.41, 5.74) is 0.449. The zero-order chi connectivity index (χ0) is 12.8. The monoisotopic (exact) mass is 248 g/mol. The Balaban J connectivity index is 4.19. The molecule has 0 aliphatic heterocycles. The Morgan fingerprint density at radius 2 is 1.81 bits per heavy atom. The normalized spacial score (nSPS) is 18.2. The van der Waals surface area contributed by atoms with E-state index in [1.165, 1.54) is 30.5 Å². The van der Waals surface area contributed by atoms with Gasteiger partial charge in [0.1, 0.15) is 0 Å². The molecule has 0 N–H and O–H groups in total. The molecule has 0 aromatic rings. The maximum atomic E-state index is 5.80. The highest BCUT2D eigenvalue weighted by Crippen LogP contribution is 2.26. The van der Waals surface area contributed by atoms with Gasteiger partial charge in [-0.3, -0.25) is 0 Å². The molecule has 0 radical (unpaired) electrons. The first-order chi connectivity index (χ1) is 7.22. The number of hydrogen-bond donors (Lipinski definition) is 0. The van der Waals surface area contributed by atoms with Crippen LogP contribution in [0, 0.1) is 11.3 Å². The predicted molar refractivity (Wildman–Crippen MR) is 75.0 cm³/mol. The van der Waals surface area contributed by atoms with E-state index in [0.717, 1.165) is 18.2 Å². The fourth-order valence-electron chi connectivity index (χ4n) is 2.68. The second-order valence-corrected chi connectivity index (χ2v) is 7.13. The minimum Gasteiger partial charge on any atom is -0.326 e. The molecule has 1 nitrogen and oxygen atoms in total. The highest BCUT2D eigenvalue weighted by Gasteiger charge is 2.25. The highest BCUT2D eigenvalue weighted by atomic mass is 35.5. The summed E-state index contributed by atoms with van der Waals surface area (Å²) in [7, 11) is 2.37. The van der Waals surface area contributed by atoms with Gasteiger partial charge < -0.3 is 4.48 Å². The van der Waals surface area contributed by atoms with Gasteiger partial charge in [-0.25, -0.2) is 0 Å². The van der Waals surface area contributed by atoms with Gasteiger partial charge in [0.2, 0.25) is 0 Å². The van der Waals surface area contributed by atoms with E-state index < -0.39 is 0 Å². The third-order valence-corrected chi connectivity index (χ3v) is 3.58. The van der Waals surface area contributed by atoms with E-state index in [-0.39, 0.29) is 0 Å². The first-order valence-corrected chi connectivity index (χ1v) is 7.15. The van der Waals surface area contributed by atoms with Crippen molar-refractivity contribution in [3.8, 4) is 0 Å². The molecule has 16 heavy (non-hydrogen) atoms. The van der Waals surface area contributed by atoms with Crippen LogP contribution < -0.4 is 0 Å². The smallest absolute Gasteiger partial charge is 0.0810 e. The molecule has 2 atom stereocenters. The van der Waals surface area contributed by atoms with E-state index in [0.29, 0.717) is 5.41 Å². The molecule has 0 rings (SSSR count). The van der Waals surface area contributed by atoms with Crippen molar-refractivity contribution in [1.29, 1.82) is 0 Å². The molecule has 2 heteroatoms. The van der Waals surface area contributed by atoms with E-state index >= 15 is 0 Å². The van der Waals surface area contributed by atoms with Crippen LogP contribution in [0.3, 0.4) is 0 Å². The summed E-state index contributed by atoms with van der Waals surface area (Å²) in [4.78, 5) is 0. The van der Waals surface area contributed by atoms with Crippen molar-refractivity contribution in [3.63, 3.8) is 0 Å². The quantitative estimate of drug-likeness (QED) is 0.469. The number of hydrogen-bond acceptors (Lipinski definition) is 0. The molecule has 98 valence electrons. The van der Waals surface area contributed by atoms with Crippen LogP contribution in [0.15, 0.2) is 0 Å². The number of halogens is 1. The summed E-state index contributed by atoms with van der Waals surface area (Å²) in [6.07, 6.45) is 2.44. The first kappa shape index (κ1) is 16.2. The van der Waals surface area contributed by atoms with E-state index in [2.05, 4.69) is 41.7 Å². The molecule has 0 spiro atoms.